The molecule has 4 aliphatic carbocycles. The number of aliphatic hydroxyl groups excluding tert-OH is 1. The third-order valence-corrected chi connectivity index (χ3v) is 9.44. The minimum absolute atomic E-state index is 0.0577. The van der Waals surface area contributed by atoms with Crippen LogP contribution in [0.3, 0.4) is 0 Å². The van der Waals surface area contributed by atoms with E-state index in [2.05, 4.69) is 20.4 Å². The average molecular weight is 333 g/mol. The zero-order valence-electron chi connectivity index (χ0n) is 15.6. The van der Waals surface area contributed by atoms with Gasteiger partial charge in [0.1, 0.15) is 0 Å². The van der Waals surface area contributed by atoms with E-state index in [9.17, 15) is 10.2 Å². The van der Waals surface area contributed by atoms with Crippen molar-refractivity contribution in [3.8, 4) is 0 Å². The molecule has 0 aromatic heterocycles. The van der Waals surface area contributed by atoms with Crippen molar-refractivity contribution >= 4 is 0 Å². The quantitative estimate of drug-likeness (QED) is 0.720. The maximum absolute atomic E-state index is 11.4. The van der Waals surface area contributed by atoms with Gasteiger partial charge in [-0.3, -0.25) is 0 Å². The van der Waals surface area contributed by atoms with Gasteiger partial charge < -0.3 is 10.2 Å². The summed E-state index contributed by atoms with van der Waals surface area (Å²) in [6.45, 7) is 8.82. The number of rotatable bonds is 2. The first-order valence-electron chi connectivity index (χ1n) is 10.4. The Morgan fingerprint density at radius 2 is 1.75 bits per heavy atom. The van der Waals surface area contributed by atoms with Crippen molar-refractivity contribution in [3.05, 3.63) is 12.7 Å². The first-order chi connectivity index (χ1) is 11.3. The Morgan fingerprint density at radius 1 is 1.00 bits per heavy atom. The molecule has 24 heavy (non-hydrogen) atoms. The first kappa shape index (κ1) is 17.1. The van der Waals surface area contributed by atoms with Gasteiger partial charge in [0.15, 0.2) is 0 Å². The van der Waals surface area contributed by atoms with E-state index in [-0.39, 0.29) is 11.5 Å². The van der Waals surface area contributed by atoms with Crippen molar-refractivity contribution in [2.24, 2.45) is 34.5 Å². The van der Waals surface area contributed by atoms with Crippen LogP contribution in [0.2, 0.25) is 0 Å². The highest BCUT2D eigenvalue weighted by Crippen LogP contribution is 2.68. The van der Waals surface area contributed by atoms with Crippen LogP contribution in [0.5, 0.6) is 0 Å². The van der Waals surface area contributed by atoms with Gasteiger partial charge in [-0.1, -0.05) is 19.9 Å². The number of fused-ring (bicyclic) bond motifs is 5. The van der Waals surface area contributed by atoms with Crippen molar-refractivity contribution in [1.82, 2.24) is 0 Å². The Balaban J connectivity index is 1.62. The van der Waals surface area contributed by atoms with E-state index in [0.717, 1.165) is 43.4 Å². The third kappa shape index (κ3) is 2.14. The van der Waals surface area contributed by atoms with Gasteiger partial charge in [-0.05, 0) is 98.7 Å². The van der Waals surface area contributed by atoms with Crippen molar-refractivity contribution < 1.29 is 10.2 Å². The molecule has 4 rings (SSSR count). The summed E-state index contributed by atoms with van der Waals surface area (Å²) in [4.78, 5) is 0. The minimum Gasteiger partial charge on any atom is -0.393 e. The second-order valence-electron chi connectivity index (χ2n) is 10.1. The summed E-state index contributed by atoms with van der Waals surface area (Å²) in [5.74, 6) is 3.01. The summed E-state index contributed by atoms with van der Waals surface area (Å²) < 4.78 is 0. The standard InChI is InChI=1S/C22H36O2/c1-4-10-22(24)13-9-19-17-6-5-15-14-16(23)7-11-20(15,2)18(17)8-12-21(19,22)3/h4,15-19,23-24H,1,5-14H2,2-3H3/t15-,16+,17-,18+,19+,20-,21+,22-/m0/s1. The average Bonchev–Trinajstić information content (AvgIpc) is 2.80. The van der Waals surface area contributed by atoms with Gasteiger partial charge in [0.2, 0.25) is 0 Å². The van der Waals surface area contributed by atoms with Crippen LogP contribution in [0.25, 0.3) is 0 Å². The van der Waals surface area contributed by atoms with Crippen LogP contribution in [-0.4, -0.2) is 21.9 Å². The lowest BCUT2D eigenvalue weighted by Gasteiger charge is -2.61. The fourth-order valence-electron chi connectivity index (χ4n) is 7.92. The predicted molar refractivity (Wildman–Crippen MR) is 97.5 cm³/mol. The monoisotopic (exact) mass is 332 g/mol. The summed E-state index contributed by atoms with van der Waals surface area (Å²) in [5.41, 5.74) is -0.00669. The van der Waals surface area contributed by atoms with Crippen LogP contribution in [0.4, 0.5) is 0 Å². The zero-order valence-corrected chi connectivity index (χ0v) is 15.6. The van der Waals surface area contributed by atoms with Crippen LogP contribution in [0.15, 0.2) is 12.7 Å². The molecule has 0 radical (unpaired) electrons. The van der Waals surface area contributed by atoms with E-state index in [4.69, 9.17) is 0 Å². The molecule has 4 fully saturated rings. The van der Waals surface area contributed by atoms with Crippen LogP contribution >= 0.6 is 0 Å². The summed E-state index contributed by atoms with van der Waals surface area (Å²) >= 11 is 0. The van der Waals surface area contributed by atoms with Gasteiger partial charge in [-0.2, -0.15) is 0 Å². The zero-order chi connectivity index (χ0) is 17.2. The van der Waals surface area contributed by atoms with E-state index in [0.29, 0.717) is 11.3 Å². The van der Waals surface area contributed by atoms with E-state index in [1.54, 1.807) is 0 Å². The molecule has 0 heterocycles. The largest absolute Gasteiger partial charge is 0.393 e. The number of hydrogen-bond acceptors (Lipinski definition) is 2. The smallest absolute Gasteiger partial charge is 0.0738 e. The molecule has 0 aromatic rings. The maximum atomic E-state index is 11.4. The third-order valence-electron chi connectivity index (χ3n) is 9.44. The lowest BCUT2D eigenvalue weighted by Crippen LogP contribution is -2.56. The summed E-state index contributed by atoms with van der Waals surface area (Å²) in [6.07, 6.45) is 13.1. The lowest BCUT2D eigenvalue weighted by molar-refractivity contribution is -0.157. The molecule has 2 heteroatoms. The predicted octanol–water partition coefficient (Wildman–Crippen LogP) is 4.70. The molecule has 4 saturated carbocycles. The number of aliphatic hydroxyl groups is 2. The highest BCUT2D eigenvalue weighted by Gasteiger charge is 2.64. The van der Waals surface area contributed by atoms with Gasteiger partial charge in [-0.15, -0.1) is 6.58 Å². The second-order valence-corrected chi connectivity index (χ2v) is 10.1. The molecule has 0 spiro atoms. The normalized spacial score (nSPS) is 56.9. The minimum atomic E-state index is -0.523. The topological polar surface area (TPSA) is 40.5 Å². The van der Waals surface area contributed by atoms with Crippen LogP contribution in [0, 0.1) is 34.5 Å². The van der Waals surface area contributed by atoms with Crippen LogP contribution in [-0.2, 0) is 0 Å². The van der Waals surface area contributed by atoms with Gasteiger partial charge in [0.05, 0.1) is 11.7 Å². The van der Waals surface area contributed by atoms with Gasteiger partial charge >= 0.3 is 0 Å². The molecule has 0 aliphatic heterocycles. The number of hydrogen-bond donors (Lipinski definition) is 2. The lowest BCUT2D eigenvalue weighted by atomic mass is 9.44. The van der Waals surface area contributed by atoms with Gasteiger partial charge in [0.25, 0.3) is 0 Å². The highest BCUT2D eigenvalue weighted by molar-refractivity contribution is 5.15. The Kier molecular flexibility index (Phi) is 3.97. The van der Waals surface area contributed by atoms with Crippen molar-refractivity contribution in [2.75, 3.05) is 0 Å². The van der Waals surface area contributed by atoms with Gasteiger partial charge in [-0.25, -0.2) is 0 Å². The SMILES string of the molecule is C=CC[C@]1(O)CC[C@@H]2[C@H]3CC[C@H]4C[C@H](O)CC[C@]4(C)[C@@H]3CC[C@]21C. The molecule has 0 unspecified atom stereocenters. The van der Waals surface area contributed by atoms with E-state index in [1.165, 1.54) is 38.5 Å². The van der Waals surface area contributed by atoms with E-state index >= 15 is 0 Å². The summed E-state index contributed by atoms with van der Waals surface area (Å²) in [7, 11) is 0. The van der Waals surface area contributed by atoms with Crippen molar-refractivity contribution in [2.45, 2.75) is 89.8 Å². The van der Waals surface area contributed by atoms with Crippen LogP contribution < -0.4 is 0 Å². The molecular formula is C22H36O2. The highest BCUT2D eigenvalue weighted by atomic mass is 16.3. The summed E-state index contributed by atoms with van der Waals surface area (Å²) in [5, 5.41) is 21.5. The molecule has 0 aromatic carbocycles. The van der Waals surface area contributed by atoms with Crippen LogP contribution in [0.1, 0.15) is 78.1 Å². The molecule has 136 valence electrons. The molecule has 0 saturated heterocycles. The summed E-state index contributed by atoms with van der Waals surface area (Å²) in [6, 6.07) is 0. The molecule has 2 nitrogen and oxygen atoms in total. The van der Waals surface area contributed by atoms with E-state index in [1.807, 2.05) is 6.08 Å². The molecular weight excluding hydrogens is 296 g/mol. The molecule has 2 N–H and O–H groups in total. The van der Waals surface area contributed by atoms with E-state index < -0.39 is 5.60 Å². The Bertz CT molecular complexity index is 516. The molecule has 0 bridgehead atoms. The van der Waals surface area contributed by atoms with Gasteiger partial charge in [0, 0.05) is 0 Å². The molecule has 0 amide bonds. The fraction of sp³-hybridized carbons (Fsp3) is 0.909. The second kappa shape index (κ2) is 5.58. The molecule has 4 aliphatic rings. The fourth-order valence-corrected chi connectivity index (χ4v) is 7.92. The molecule has 8 atom stereocenters. The maximum Gasteiger partial charge on any atom is 0.0738 e. The Morgan fingerprint density at radius 3 is 2.50 bits per heavy atom. The van der Waals surface area contributed by atoms with Crippen molar-refractivity contribution in [3.63, 3.8) is 0 Å². The Labute approximate surface area is 147 Å². The first-order valence-corrected chi connectivity index (χ1v) is 10.4. The van der Waals surface area contributed by atoms with Crippen molar-refractivity contribution in [1.29, 1.82) is 0 Å². The Hall–Kier alpha value is -0.340.